The van der Waals surface area contributed by atoms with Crippen molar-refractivity contribution in [1.82, 2.24) is 0 Å². The highest BCUT2D eigenvalue weighted by atomic mass is 19.3. The maximum Gasteiger partial charge on any atom is 0.285 e. The van der Waals surface area contributed by atoms with Gasteiger partial charge < -0.3 is 15.2 Å². The number of alkyl halides is 2. The van der Waals surface area contributed by atoms with Gasteiger partial charge in [0.25, 0.3) is 5.92 Å². The van der Waals surface area contributed by atoms with Gasteiger partial charge >= 0.3 is 0 Å². The molecule has 90 valence electrons. The molecule has 1 aromatic carbocycles. The van der Waals surface area contributed by atoms with Crippen LogP contribution in [-0.4, -0.2) is 26.9 Å². The van der Waals surface area contributed by atoms with Gasteiger partial charge in [-0.05, 0) is 24.3 Å². The minimum Gasteiger partial charge on any atom is -0.491 e. The summed E-state index contributed by atoms with van der Waals surface area (Å²) >= 11 is 0. The molecule has 0 amide bonds. The molecule has 0 saturated carbocycles. The Morgan fingerprint density at radius 2 is 1.81 bits per heavy atom. The van der Waals surface area contributed by atoms with Crippen LogP contribution in [0.1, 0.15) is 5.56 Å². The molecule has 1 aromatic rings. The van der Waals surface area contributed by atoms with Crippen molar-refractivity contribution in [2.75, 3.05) is 26.9 Å². The van der Waals surface area contributed by atoms with E-state index in [2.05, 4.69) is 0 Å². The maximum absolute atomic E-state index is 13.1. The molecule has 0 spiro atoms. The number of nitrogens with two attached hydrogens (primary N) is 1. The van der Waals surface area contributed by atoms with Gasteiger partial charge in [-0.15, -0.1) is 0 Å². The fourth-order valence-corrected chi connectivity index (χ4v) is 1.16. The van der Waals surface area contributed by atoms with Crippen LogP contribution in [-0.2, 0) is 10.7 Å². The van der Waals surface area contributed by atoms with Crippen LogP contribution in [0.2, 0.25) is 0 Å². The number of halogens is 2. The van der Waals surface area contributed by atoms with E-state index in [1.807, 2.05) is 0 Å². The Kier molecular flexibility index (Phi) is 4.64. The van der Waals surface area contributed by atoms with Gasteiger partial charge in [-0.1, -0.05) is 0 Å². The molecule has 0 fully saturated rings. The van der Waals surface area contributed by atoms with Crippen LogP contribution in [0.25, 0.3) is 0 Å². The van der Waals surface area contributed by atoms with Crippen molar-refractivity contribution >= 4 is 0 Å². The smallest absolute Gasteiger partial charge is 0.285 e. The third-order valence-electron chi connectivity index (χ3n) is 2.09. The van der Waals surface area contributed by atoms with E-state index >= 15 is 0 Å². The van der Waals surface area contributed by atoms with Crippen molar-refractivity contribution in [2.24, 2.45) is 5.73 Å². The van der Waals surface area contributed by atoms with Crippen LogP contribution in [0.5, 0.6) is 5.75 Å². The molecule has 0 aromatic heterocycles. The number of rotatable bonds is 6. The lowest BCUT2D eigenvalue weighted by atomic mass is 10.1. The van der Waals surface area contributed by atoms with Crippen molar-refractivity contribution in [3.05, 3.63) is 29.8 Å². The Labute approximate surface area is 93.2 Å². The molecule has 3 nitrogen and oxygen atoms in total. The van der Waals surface area contributed by atoms with E-state index in [0.29, 0.717) is 19.0 Å². The molecule has 0 unspecified atom stereocenters. The second-order valence-electron chi connectivity index (χ2n) is 3.27. The summed E-state index contributed by atoms with van der Waals surface area (Å²) in [5.41, 5.74) is 4.87. The van der Waals surface area contributed by atoms with E-state index in [1.165, 1.54) is 24.3 Å². The van der Waals surface area contributed by atoms with Gasteiger partial charge in [0, 0.05) is 12.7 Å². The first-order valence-corrected chi connectivity index (χ1v) is 4.90. The van der Waals surface area contributed by atoms with Crippen LogP contribution in [0.3, 0.4) is 0 Å². The normalized spacial score (nSPS) is 11.5. The average Bonchev–Trinajstić information content (AvgIpc) is 2.30. The minimum absolute atomic E-state index is 0.103. The van der Waals surface area contributed by atoms with E-state index in [9.17, 15) is 8.78 Å². The zero-order valence-corrected chi connectivity index (χ0v) is 9.08. The third-order valence-corrected chi connectivity index (χ3v) is 2.09. The highest BCUT2D eigenvalue weighted by molar-refractivity contribution is 5.29. The Morgan fingerprint density at radius 3 is 2.31 bits per heavy atom. The van der Waals surface area contributed by atoms with Crippen LogP contribution in [0.4, 0.5) is 8.78 Å². The summed E-state index contributed by atoms with van der Waals surface area (Å²) in [5.74, 6) is -2.45. The first-order chi connectivity index (χ1) is 7.60. The van der Waals surface area contributed by atoms with Crippen LogP contribution < -0.4 is 10.5 Å². The topological polar surface area (TPSA) is 44.5 Å². The molecule has 0 saturated heterocycles. The second kappa shape index (κ2) is 5.77. The van der Waals surface area contributed by atoms with Gasteiger partial charge in [0.05, 0.1) is 13.2 Å². The van der Waals surface area contributed by atoms with Gasteiger partial charge in [0.2, 0.25) is 0 Å². The molecule has 0 aliphatic rings. The molecule has 0 bridgehead atoms. The Hall–Kier alpha value is -1.20. The molecule has 16 heavy (non-hydrogen) atoms. The molecule has 0 aliphatic heterocycles. The second-order valence-corrected chi connectivity index (χ2v) is 3.27. The molecular weight excluding hydrogens is 216 g/mol. The summed E-state index contributed by atoms with van der Waals surface area (Å²) in [6.07, 6.45) is 0. The lowest BCUT2D eigenvalue weighted by Gasteiger charge is -2.14. The van der Waals surface area contributed by atoms with Crippen molar-refractivity contribution in [1.29, 1.82) is 0 Å². The van der Waals surface area contributed by atoms with Gasteiger partial charge in [-0.3, -0.25) is 0 Å². The number of hydrogen-bond donors (Lipinski definition) is 1. The molecule has 0 atom stereocenters. The standard InChI is InChI=1S/C11H15F2NO2/c1-15-6-7-16-10-4-2-9(3-5-10)11(12,13)8-14/h2-5H,6-8,14H2,1H3. The molecule has 0 aliphatic carbocycles. The highest BCUT2D eigenvalue weighted by Gasteiger charge is 2.29. The van der Waals surface area contributed by atoms with Crippen LogP contribution in [0, 0.1) is 0 Å². The maximum atomic E-state index is 13.1. The summed E-state index contributed by atoms with van der Waals surface area (Å²) in [7, 11) is 1.56. The fourth-order valence-electron chi connectivity index (χ4n) is 1.16. The largest absolute Gasteiger partial charge is 0.491 e. The summed E-state index contributed by atoms with van der Waals surface area (Å²) in [6.45, 7) is 0.153. The predicted octanol–water partition coefficient (Wildman–Crippen LogP) is 1.76. The molecule has 0 radical (unpaired) electrons. The summed E-state index contributed by atoms with van der Waals surface area (Å²) in [4.78, 5) is 0. The molecule has 1 rings (SSSR count). The first-order valence-electron chi connectivity index (χ1n) is 4.90. The number of hydrogen-bond acceptors (Lipinski definition) is 3. The van der Waals surface area contributed by atoms with E-state index in [1.54, 1.807) is 7.11 Å². The highest BCUT2D eigenvalue weighted by Crippen LogP contribution is 2.27. The van der Waals surface area contributed by atoms with Crippen molar-refractivity contribution in [2.45, 2.75) is 5.92 Å². The Morgan fingerprint density at radius 1 is 1.19 bits per heavy atom. The van der Waals surface area contributed by atoms with E-state index in [4.69, 9.17) is 15.2 Å². The van der Waals surface area contributed by atoms with Gasteiger partial charge in [-0.2, -0.15) is 8.78 Å². The average molecular weight is 231 g/mol. The number of methoxy groups -OCH3 is 1. The van der Waals surface area contributed by atoms with Crippen molar-refractivity contribution in [3.8, 4) is 5.75 Å². The number of ether oxygens (including phenoxy) is 2. The van der Waals surface area contributed by atoms with Crippen LogP contribution >= 0.6 is 0 Å². The molecule has 5 heteroatoms. The third kappa shape index (κ3) is 3.43. The monoisotopic (exact) mass is 231 g/mol. The van der Waals surface area contributed by atoms with Gasteiger partial charge in [-0.25, -0.2) is 0 Å². The molecular formula is C11H15F2NO2. The summed E-state index contributed by atoms with van der Waals surface area (Å²) in [6, 6.07) is 5.62. The van der Waals surface area contributed by atoms with Crippen molar-refractivity contribution < 1.29 is 18.3 Å². The van der Waals surface area contributed by atoms with Crippen LogP contribution in [0.15, 0.2) is 24.3 Å². The zero-order valence-electron chi connectivity index (χ0n) is 9.08. The van der Waals surface area contributed by atoms with Gasteiger partial charge in [0.1, 0.15) is 12.4 Å². The summed E-state index contributed by atoms with van der Waals surface area (Å²) in [5, 5.41) is 0. The zero-order chi connectivity index (χ0) is 12.0. The SMILES string of the molecule is COCCOc1ccc(C(F)(F)CN)cc1. The predicted molar refractivity (Wildman–Crippen MR) is 56.8 cm³/mol. The Bertz CT molecular complexity index is 314. The molecule has 0 heterocycles. The van der Waals surface area contributed by atoms with E-state index < -0.39 is 12.5 Å². The number of benzene rings is 1. The van der Waals surface area contributed by atoms with Gasteiger partial charge in [0.15, 0.2) is 0 Å². The summed E-state index contributed by atoms with van der Waals surface area (Å²) < 4.78 is 36.3. The molecule has 2 N–H and O–H groups in total. The lowest BCUT2D eigenvalue weighted by molar-refractivity contribution is 0.00590. The van der Waals surface area contributed by atoms with Crippen molar-refractivity contribution in [3.63, 3.8) is 0 Å². The minimum atomic E-state index is -2.98. The Balaban J connectivity index is 2.61. The van der Waals surface area contributed by atoms with E-state index in [-0.39, 0.29) is 5.56 Å². The fraction of sp³-hybridized carbons (Fsp3) is 0.455. The van der Waals surface area contributed by atoms with E-state index in [0.717, 1.165) is 0 Å². The quantitative estimate of drug-likeness (QED) is 0.759. The first kappa shape index (κ1) is 12.9. The lowest BCUT2D eigenvalue weighted by Crippen LogP contribution is -2.24.